The Morgan fingerprint density at radius 1 is 1.30 bits per heavy atom. The van der Waals surface area contributed by atoms with Crippen LogP contribution in [0.3, 0.4) is 0 Å². The van der Waals surface area contributed by atoms with Crippen LogP contribution >= 0.6 is 0 Å². The second-order valence-corrected chi connectivity index (χ2v) is 5.28. The van der Waals surface area contributed by atoms with Crippen LogP contribution in [0.4, 0.5) is 8.78 Å². The number of ether oxygens (including phenoxy) is 1. The zero-order valence-corrected chi connectivity index (χ0v) is 11.1. The Hall–Kier alpha value is -1.49. The molecule has 0 spiro atoms. The number of aliphatic hydroxyl groups is 1. The number of carbonyl (C=O) groups is 1. The van der Waals surface area contributed by atoms with Crippen LogP contribution in [0.25, 0.3) is 0 Å². The van der Waals surface area contributed by atoms with Crippen molar-refractivity contribution in [2.24, 2.45) is 5.92 Å². The molecule has 1 fully saturated rings. The van der Waals surface area contributed by atoms with E-state index in [4.69, 9.17) is 4.74 Å². The zero-order valence-electron chi connectivity index (χ0n) is 11.1. The standard InChI is InChI=1S/C15H18F2O3/c16-13-6-11(8-18)7-14(17)15(13)20-9-12(19)5-10-3-1-2-4-10/h6-8,10,12,19H,1-5,9H2. The number of hydrogen-bond donors (Lipinski definition) is 1. The van der Waals surface area contributed by atoms with Crippen molar-refractivity contribution in [3.63, 3.8) is 0 Å². The molecule has 5 heteroatoms. The average molecular weight is 284 g/mol. The van der Waals surface area contributed by atoms with Crippen molar-refractivity contribution < 1.29 is 23.4 Å². The summed E-state index contributed by atoms with van der Waals surface area (Å²) in [4.78, 5) is 10.5. The molecule has 1 aliphatic rings. The monoisotopic (exact) mass is 284 g/mol. The van der Waals surface area contributed by atoms with Gasteiger partial charge in [0.05, 0.1) is 6.10 Å². The number of carbonyl (C=O) groups excluding carboxylic acids is 1. The summed E-state index contributed by atoms with van der Waals surface area (Å²) in [6.45, 7) is -0.148. The second kappa shape index (κ2) is 6.79. The predicted octanol–water partition coefficient (Wildman–Crippen LogP) is 3.10. The molecule has 0 amide bonds. The molecule has 0 radical (unpaired) electrons. The molecule has 20 heavy (non-hydrogen) atoms. The van der Waals surface area contributed by atoms with Gasteiger partial charge in [-0.25, -0.2) is 8.78 Å². The van der Waals surface area contributed by atoms with Gasteiger partial charge in [-0.3, -0.25) is 4.79 Å². The lowest BCUT2D eigenvalue weighted by molar-refractivity contribution is 0.0816. The molecule has 1 aliphatic carbocycles. The van der Waals surface area contributed by atoms with E-state index in [1.54, 1.807) is 0 Å². The van der Waals surface area contributed by atoms with Gasteiger partial charge < -0.3 is 9.84 Å². The molecule has 0 aliphatic heterocycles. The van der Waals surface area contributed by atoms with Crippen molar-refractivity contribution >= 4 is 6.29 Å². The summed E-state index contributed by atoms with van der Waals surface area (Å²) in [6.07, 6.45) is 4.76. The molecule has 0 heterocycles. The van der Waals surface area contributed by atoms with Gasteiger partial charge in [0.15, 0.2) is 17.4 Å². The van der Waals surface area contributed by atoms with Crippen LogP contribution in [0.2, 0.25) is 0 Å². The molecule has 0 saturated heterocycles. The largest absolute Gasteiger partial charge is 0.485 e. The third-order valence-corrected chi connectivity index (χ3v) is 3.66. The van der Waals surface area contributed by atoms with E-state index in [2.05, 4.69) is 0 Å². The Morgan fingerprint density at radius 3 is 2.45 bits per heavy atom. The van der Waals surface area contributed by atoms with E-state index in [1.165, 1.54) is 12.8 Å². The minimum absolute atomic E-state index is 0.0844. The van der Waals surface area contributed by atoms with Gasteiger partial charge in [0.1, 0.15) is 12.9 Å². The summed E-state index contributed by atoms with van der Waals surface area (Å²) in [5.41, 5.74) is -0.0844. The number of aliphatic hydroxyl groups excluding tert-OH is 1. The van der Waals surface area contributed by atoms with Crippen molar-refractivity contribution in [1.29, 1.82) is 0 Å². The Kier molecular flexibility index (Phi) is 5.06. The Bertz CT molecular complexity index is 447. The van der Waals surface area contributed by atoms with Gasteiger partial charge in [-0.2, -0.15) is 0 Å². The van der Waals surface area contributed by atoms with Crippen molar-refractivity contribution in [2.45, 2.75) is 38.2 Å². The lowest BCUT2D eigenvalue weighted by Gasteiger charge is -2.16. The molecule has 1 aromatic rings. The van der Waals surface area contributed by atoms with Gasteiger partial charge in [0, 0.05) is 5.56 Å². The first kappa shape index (κ1) is 14.9. The maximum Gasteiger partial charge on any atom is 0.190 e. The molecule has 0 bridgehead atoms. The highest BCUT2D eigenvalue weighted by Crippen LogP contribution is 2.29. The van der Waals surface area contributed by atoms with Crippen LogP contribution in [0.5, 0.6) is 5.75 Å². The van der Waals surface area contributed by atoms with Gasteiger partial charge >= 0.3 is 0 Å². The van der Waals surface area contributed by atoms with Crippen molar-refractivity contribution in [3.05, 3.63) is 29.3 Å². The molecule has 1 aromatic carbocycles. The lowest BCUT2D eigenvalue weighted by atomic mass is 10.0. The SMILES string of the molecule is O=Cc1cc(F)c(OCC(O)CC2CCCC2)c(F)c1. The number of hydrogen-bond acceptors (Lipinski definition) is 3. The van der Waals surface area contributed by atoms with E-state index >= 15 is 0 Å². The van der Waals surface area contributed by atoms with Crippen molar-refractivity contribution in [1.82, 2.24) is 0 Å². The predicted molar refractivity (Wildman–Crippen MR) is 69.8 cm³/mol. The molecule has 1 atom stereocenters. The fraction of sp³-hybridized carbons (Fsp3) is 0.533. The number of benzene rings is 1. The molecule has 0 aromatic heterocycles. The van der Waals surface area contributed by atoms with E-state index < -0.39 is 23.5 Å². The average Bonchev–Trinajstić information content (AvgIpc) is 2.90. The van der Waals surface area contributed by atoms with Gasteiger partial charge in [0.2, 0.25) is 0 Å². The number of aldehydes is 1. The fourth-order valence-electron chi connectivity index (χ4n) is 2.66. The first-order valence-corrected chi connectivity index (χ1v) is 6.85. The Balaban J connectivity index is 1.91. The third kappa shape index (κ3) is 3.76. The molecule has 1 unspecified atom stereocenters. The summed E-state index contributed by atoms with van der Waals surface area (Å²) in [6, 6.07) is 1.82. The quantitative estimate of drug-likeness (QED) is 0.816. The van der Waals surface area contributed by atoms with Crippen LogP contribution in [0, 0.1) is 17.6 Å². The number of rotatable bonds is 6. The number of halogens is 2. The van der Waals surface area contributed by atoms with E-state index in [0.29, 0.717) is 18.6 Å². The fourth-order valence-corrected chi connectivity index (χ4v) is 2.66. The van der Waals surface area contributed by atoms with E-state index in [0.717, 1.165) is 25.0 Å². The highest BCUT2D eigenvalue weighted by Gasteiger charge is 2.20. The van der Waals surface area contributed by atoms with Crippen LogP contribution in [-0.4, -0.2) is 24.1 Å². The van der Waals surface area contributed by atoms with Crippen molar-refractivity contribution in [2.75, 3.05) is 6.61 Å². The first-order chi connectivity index (χ1) is 9.60. The summed E-state index contributed by atoms with van der Waals surface area (Å²) in [7, 11) is 0. The Labute approximate surface area is 116 Å². The van der Waals surface area contributed by atoms with Crippen LogP contribution in [0.15, 0.2) is 12.1 Å². The molecule has 110 valence electrons. The lowest BCUT2D eigenvalue weighted by Crippen LogP contribution is -2.21. The van der Waals surface area contributed by atoms with E-state index in [9.17, 15) is 18.7 Å². The second-order valence-electron chi connectivity index (χ2n) is 5.28. The van der Waals surface area contributed by atoms with E-state index in [1.807, 2.05) is 0 Å². The van der Waals surface area contributed by atoms with Crippen LogP contribution in [-0.2, 0) is 0 Å². The minimum Gasteiger partial charge on any atom is -0.485 e. The molecule has 1 N–H and O–H groups in total. The Morgan fingerprint density at radius 2 is 1.90 bits per heavy atom. The molecule has 3 nitrogen and oxygen atoms in total. The highest BCUT2D eigenvalue weighted by molar-refractivity contribution is 5.75. The molecule has 2 rings (SSSR count). The zero-order chi connectivity index (χ0) is 14.5. The minimum atomic E-state index is -0.930. The third-order valence-electron chi connectivity index (χ3n) is 3.66. The highest BCUT2D eigenvalue weighted by atomic mass is 19.1. The summed E-state index contributed by atoms with van der Waals surface area (Å²) in [5, 5.41) is 9.83. The topological polar surface area (TPSA) is 46.5 Å². The van der Waals surface area contributed by atoms with Gasteiger partial charge in [0.25, 0.3) is 0 Å². The van der Waals surface area contributed by atoms with Gasteiger partial charge in [-0.15, -0.1) is 0 Å². The van der Waals surface area contributed by atoms with E-state index in [-0.39, 0.29) is 12.2 Å². The van der Waals surface area contributed by atoms with Gasteiger partial charge in [-0.05, 0) is 24.5 Å². The maximum absolute atomic E-state index is 13.5. The molecule has 1 saturated carbocycles. The maximum atomic E-state index is 13.5. The molecular formula is C15H18F2O3. The smallest absolute Gasteiger partial charge is 0.190 e. The van der Waals surface area contributed by atoms with Crippen LogP contribution < -0.4 is 4.74 Å². The van der Waals surface area contributed by atoms with Crippen molar-refractivity contribution in [3.8, 4) is 5.75 Å². The summed E-state index contributed by atoms with van der Waals surface area (Å²) >= 11 is 0. The summed E-state index contributed by atoms with van der Waals surface area (Å²) < 4.78 is 32.1. The molecular weight excluding hydrogens is 266 g/mol. The van der Waals surface area contributed by atoms with Gasteiger partial charge in [-0.1, -0.05) is 25.7 Å². The normalized spacial score (nSPS) is 17.1. The first-order valence-electron chi connectivity index (χ1n) is 6.85. The van der Waals surface area contributed by atoms with Crippen LogP contribution in [0.1, 0.15) is 42.5 Å². The summed E-state index contributed by atoms with van der Waals surface area (Å²) in [5.74, 6) is -1.93.